The number of benzene rings is 1. The molecule has 7 nitrogen and oxygen atoms in total. The van der Waals surface area contributed by atoms with Gasteiger partial charge >= 0.3 is 0 Å². The summed E-state index contributed by atoms with van der Waals surface area (Å²) < 4.78 is 15.1. The zero-order valence-corrected chi connectivity index (χ0v) is 18.9. The first-order valence-corrected chi connectivity index (χ1v) is 11.8. The third-order valence-corrected chi connectivity index (χ3v) is 7.60. The van der Waals surface area contributed by atoms with Crippen molar-refractivity contribution in [1.82, 2.24) is 9.47 Å². The van der Waals surface area contributed by atoms with Gasteiger partial charge in [-0.1, -0.05) is 0 Å². The van der Waals surface area contributed by atoms with Gasteiger partial charge in [0.05, 0.1) is 36.4 Å². The number of nitrogens with zero attached hydrogens (tertiary/aromatic N) is 2. The number of piperidine rings is 2. The lowest BCUT2D eigenvalue weighted by Gasteiger charge is -2.45. The van der Waals surface area contributed by atoms with E-state index in [-0.39, 0.29) is 29.1 Å². The third-order valence-electron chi connectivity index (χ3n) is 7.60. The first kappa shape index (κ1) is 21.8. The number of hydrogen-bond acceptors (Lipinski definition) is 3. The molecule has 0 radical (unpaired) electrons. The molecule has 1 aromatic carbocycles. The molecule has 2 saturated heterocycles. The Morgan fingerprint density at radius 3 is 2.48 bits per heavy atom. The lowest BCUT2D eigenvalue weighted by atomic mass is 9.81. The van der Waals surface area contributed by atoms with Gasteiger partial charge in [-0.05, 0) is 36.8 Å². The SMILES string of the molecule is CC(=O)N1CCC([NH+]2C[C@@H]3C[C@H](C2)c2c(NC(=O)c4ccc(F)cc4)ccc(=O)n2C3)CC1. The molecule has 3 aliphatic rings. The number of fused-ring (bicyclic) bond motifs is 4. The number of hydrogen-bond donors (Lipinski definition) is 2. The lowest BCUT2D eigenvalue weighted by molar-refractivity contribution is -0.937. The molecule has 1 unspecified atom stereocenters. The van der Waals surface area contributed by atoms with Crippen LogP contribution >= 0.6 is 0 Å². The quantitative estimate of drug-likeness (QED) is 0.735. The molecule has 0 saturated carbocycles. The van der Waals surface area contributed by atoms with Gasteiger partial charge in [0.2, 0.25) is 5.91 Å². The number of pyridine rings is 1. The second-order valence-corrected chi connectivity index (χ2v) is 9.69. The molecule has 0 aliphatic carbocycles. The number of amides is 2. The molecule has 8 heteroatoms. The van der Waals surface area contributed by atoms with E-state index < -0.39 is 0 Å². The van der Waals surface area contributed by atoms with Gasteiger partial charge in [0.25, 0.3) is 11.5 Å². The normalized spacial score (nSPS) is 24.8. The van der Waals surface area contributed by atoms with E-state index in [1.165, 1.54) is 30.3 Å². The number of quaternary nitrogens is 1. The largest absolute Gasteiger partial charge is 0.342 e. The summed E-state index contributed by atoms with van der Waals surface area (Å²) >= 11 is 0. The van der Waals surface area contributed by atoms with Crippen molar-refractivity contribution in [1.29, 1.82) is 0 Å². The van der Waals surface area contributed by atoms with Crippen molar-refractivity contribution in [3.05, 3.63) is 63.8 Å². The van der Waals surface area contributed by atoms with Crippen LogP contribution in [0.3, 0.4) is 0 Å². The van der Waals surface area contributed by atoms with E-state index in [0.29, 0.717) is 29.8 Å². The molecule has 0 spiro atoms. The minimum Gasteiger partial charge on any atom is -0.342 e. The van der Waals surface area contributed by atoms with Crippen LogP contribution in [0.4, 0.5) is 10.1 Å². The number of aromatic nitrogens is 1. The molecule has 2 fully saturated rings. The first-order valence-electron chi connectivity index (χ1n) is 11.8. The molecule has 33 heavy (non-hydrogen) atoms. The van der Waals surface area contributed by atoms with E-state index in [1.807, 2.05) is 9.47 Å². The molecule has 3 aliphatic heterocycles. The molecule has 3 atom stereocenters. The van der Waals surface area contributed by atoms with Crippen LogP contribution in [0, 0.1) is 11.7 Å². The van der Waals surface area contributed by atoms with Crippen LogP contribution in [0.25, 0.3) is 0 Å². The summed E-state index contributed by atoms with van der Waals surface area (Å²) in [4.78, 5) is 40.7. The van der Waals surface area contributed by atoms with Gasteiger partial charge in [-0.15, -0.1) is 0 Å². The van der Waals surface area contributed by atoms with Crippen LogP contribution in [0.1, 0.15) is 48.2 Å². The molecule has 174 valence electrons. The van der Waals surface area contributed by atoms with Crippen LogP contribution in [-0.2, 0) is 11.3 Å². The summed E-state index contributed by atoms with van der Waals surface area (Å²) in [6, 6.07) is 9.20. The Labute approximate surface area is 192 Å². The Morgan fingerprint density at radius 1 is 1.06 bits per heavy atom. The van der Waals surface area contributed by atoms with Gasteiger partial charge in [-0.2, -0.15) is 0 Å². The highest BCUT2D eigenvalue weighted by Crippen LogP contribution is 2.35. The van der Waals surface area contributed by atoms with Crippen molar-refractivity contribution in [2.75, 3.05) is 31.5 Å². The van der Waals surface area contributed by atoms with Gasteiger partial charge in [-0.25, -0.2) is 4.39 Å². The van der Waals surface area contributed by atoms with Crippen LogP contribution in [0.2, 0.25) is 0 Å². The predicted octanol–water partition coefficient (Wildman–Crippen LogP) is 1.25. The number of halogens is 1. The first-order chi connectivity index (χ1) is 15.9. The van der Waals surface area contributed by atoms with E-state index in [2.05, 4.69) is 5.32 Å². The number of carbonyl (C=O) groups excluding carboxylic acids is 2. The Balaban J connectivity index is 1.37. The van der Waals surface area contributed by atoms with Gasteiger partial charge < -0.3 is 19.7 Å². The standard InChI is InChI=1S/C25H29FN4O3/c1-16(31)28-10-8-21(9-11-28)29-13-17-12-19(15-29)24-22(6-7-23(32)30(24)14-17)27-25(33)18-2-4-20(26)5-3-18/h2-7,17,19,21H,8-15H2,1H3,(H,27,33)/p+1/t17-,19+/m0/s1. The topological polar surface area (TPSA) is 75.8 Å². The van der Waals surface area contributed by atoms with Crippen molar-refractivity contribution in [2.45, 2.75) is 44.7 Å². The smallest absolute Gasteiger partial charge is 0.255 e. The molecule has 2 aromatic rings. The monoisotopic (exact) mass is 453 g/mol. The molecular weight excluding hydrogens is 423 g/mol. The average Bonchev–Trinajstić information content (AvgIpc) is 2.81. The fourth-order valence-electron chi connectivity index (χ4n) is 6.01. The Hall–Kier alpha value is -3.00. The predicted molar refractivity (Wildman–Crippen MR) is 122 cm³/mol. The zero-order chi connectivity index (χ0) is 23.1. The minimum absolute atomic E-state index is 0.0299. The Morgan fingerprint density at radius 2 is 1.79 bits per heavy atom. The molecule has 2 bridgehead atoms. The number of rotatable bonds is 3. The maximum absolute atomic E-state index is 13.2. The van der Waals surface area contributed by atoms with Crippen molar-refractivity contribution in [3.8, 4) is 0 Å². The summed E-state index contributed by atoms with van der Waals surface area (Å²) in [6.45, 7) is 5.89. The van der Waals surface area contributed by atoms with E-state index in [0.717, 1.165) is 51.1 Å². The second-order valence-electron chi connectivity index (χ2n) is 9.69. The summed E-state index contributed by atoms with van der Waals surface area (Å²) in [6.07, 6.45) is 3.02. The summed E-state index contributed by atoms with van der Waals surface area (Å²) in [5, 5.41) is 2.97. The number of carbonyl (C=O) groups is 2. The second kappa shape index (κ2) is 8.74. The maximum atomic E-state index is 13.2. The van der Waals surface area contributed by atoms with Crippen LogP contribution < -0.4 is 15.8 Å². The Kier molecular flexibility index (Phi) is 5.78. The van der Waals surface area contributed by atoms with Crippen LogP contribution in [0.5, 0.6) is 0 Å². The fourth-order valence-corrected chi connectivity index (χ4v) is 6.01. The molecule has 2 N–H and O–H groups in total. The fraction of sp³-hybridized carbons (Fsp3) is 0.480. The summed E-state index contributed by atoms with van der Waals surface area (Å²) in [5.41, 5.74) is 1.92. The molecular formula is C25H30FN4O3+. The van der Waals surface area contributed by atoms with E-state index in [4.69, 9.17) is 0 Å². The molecule has 4 heterocycles. The van der Waals surface area contributed by atoms with Gasteiger partial charge in [0, 0.05) is 56.9 Å². The maximum Gasteiger partial charge on any atom is 0.255 e. The number of nitrogens with one attached hydrogen (secondary N) is 2. The van der Waals surface area contributed by atoms with Gasteiger partial charge in [0.15, 0.2) is 0 Å². The van der Waals surface area contributed by atoms with Gasteiger partial charge in [0.1, 0.15) is 5.82 Å². The van der Waals surface area contributed by atoms with Crippen LogP contribution in [0.15, 0.2) is 41.2 Å². The highest BCUT2D eigenvalue weighted by atomic mass is 19.1. The van der Waals surface area contributed by atoms with E-state index in [1.54, 1.807) is 17.9 Å². The molecule has 5 rings (SSSR count). The van der Waals surface area contributed by atoms with E-state index in [9.17, 15) is 18.8 Å². The minimum atomic E-state index is -0.388. The number of likely N-dealkylation sites (tertiary alicyclic amines) is 2. The highest BCUT2D eigenvalue weighted by Gasteiger charge is 2.42. The van der Waals surface area contributed by atoms with E-state index >= 15 is 0 Å². The van der Waals surface area contributed by atoms with Crippen molar-refractivity contribution in [2.24, 2.45) is 5.92 Å². The highest BCUT2D eigenvalue weighted by molar-refractivity contribution is 6.04. The van der Waals surface area contributed by atoms with Crippen molar-refractivity contribution in [3.63, 3.8) is 0 Å². The number of anilines is 1. The van der Waals surface area contributed by atoms with Gasteiger partial charge in [-0.3, -0.25) is 14.4 Å². The summed E-state index contributed by atoms with van der Waals surface area (Å²) in [5.74, 6) is 0.0678. The van der Waals surface area contributed by atoms with Crippen molar-refractivity contribution < 1.29 is 18.9 Å². The van der Waals surface area contributed by atoms with Crippen LogP contribution in [-0.4, -0.2) is 53.5 Å². The average molecular weight is 454 g/mol. The zero-order valence-electron chi connectivity index (χ0n) is 18.9. The molecule has 1 aromatic heterocycles. The third kappa shape index (κ3) is 4.31. The molecule has 2 amide bonds. The summed E-state index contributed by atoms with van der Waals surface area (Å²) in [7, 11) is 0. The Bertz CT molecular complexity index is 1120. The lowest BCUT2D eigenvalue weighted by Crippen LogP contribution is -3.18. The van der Waals surface area contributed by atoms with Crippen molar-refractivity contribution >= 4 is 17.5 Å².